The number of para-hydroxylation sites is 1. The minimum Gasteiger partial charge on any atom is -0.481 e. The van der Waals surface area contributed by atoms with Gasteiger partial charge in [0.15, 0.2) is 0 Å². The Kier molecular flexibility index (Phi) is 3.70. The number of rotatable bonds is 3. The molecule has 1 N–H and O–H groups in total. The van der Waals surface area contributed by atoms with Gasteiger partial charge in [-0.05, 0) is 31.9 Å². The monoisotopic (exact) mass is 245 g/mol. The first-order chi connectivity index (χ1) is 8.59. The molecule has 3 heteroatoms. The number of carboxylic acid groups (broad SMARTS) is 1. The molecule has 1 unspecified atom stereocenters. The van der Waals surface area contributed by atoms with Crippen LogP contribution in [-0.2, 0) is 4.79 Å². The third-order valence-electron chi connectivity index (χ3n) is 3.36. The number of hydrogen-bond acceptors (Lipinski definition) is 2. The zero-order valence-electron chi connectivity index (χ0n) is 10.9. The highest BCUT2D eigenvalue weighted by molar-refractivity contribution is 5.80. The minimum atomic E-state index is -0.718. The molecule has 0 saturated heterocycles. The van der Waals surface area contributed by atoms with Gasteiger partial charge in [-0.2, -0.15) is 0 Å². The Hall–Kier alpha value is -1.77. The Morgan fingerprint density at radius 3 is 2.83 bits per heavy atom. The van der Waals surface area contributed by atoms with Gasteiger partial charge in [0.25, 0.3) is 0 Å². The predicted molar refractivity (Wildman–Crippen MR) is 73.1 cm³/mol. The Morgan fingerprint density at radius 1 is 1.44 bits per heavy atom. The molecule has 2 rings (SSSR count). The average molecular weight is 245 g/mol. The van der Waals surface area contributed by atoms with Crippen molar-refractivity contribution >= 4 is 11.7 Å². The van der Waals surface area contributed by atoms with E-state index < -0.39 is 5.97 Å². The number of nitrogens with zero attached hydrogens (tertiary/aromatic N) is 1. The highest BCUT2D eigenvalue weighted by Crippen LogP contribution is 2.35. The van der Waals surface area contributed by atoms with Gasteiger partial charge in [0, 0.05) is 18.8 Å². The lowest BCUT2D eigenvalue weighted by molar-refractivity contribution is -0.139. The van der Waals surface area contributed by atoms with Crippen LogP contribution in [0.5, 0.6) is 0 Å². The average Bonchev–Trinajstić information content (AvgIpc) is 2.35. The molecule has 1 aliphatic rings. The quantitative estimate of drug-likeness (QED) is 0.832. The van der Waals surface area contributed by atoms with Gasteiger partial charge in [0.2, 0.25) is 0 Å². The van der Waals surface area contributed by atoms with Crippen molar-refractivity contribution in [3.8, 4) is 0 Å². The molecule has 1 aromatic rings. The van der Waals surface area contributed by atoms with E-state index in [9.17, 15) is 9.90 Å². The van der Waals surface area contributed by atoms with E-state index in [4.69, 9.17) is 0 Å². The lowest BCUT2D eigenvalue weighted by Crippen LogP contribution is -2.33. The van der Waals surface area contributed by atoms with E-state index in [-0.39, 0.29) is 5.92 Å². The van der Waals surface area contributed by atoms with Gasteiger partial charge in [-0.1, -0.05) is 29.8 Å². The molecular formula is C15H19NO2. The molecule has 0 aromatic heterocycles. The number of aliphatic carboxylic acids is 1. The van der Waals surface area contributed by atoms with Crippen molar-refractivity contribution in [2.45, 2.75) is 26.2 Å². The first-order valence-corrected chi connectivity index (χ1v) is 6.29. The summed E-state index contributed by atoms with van der Waals surface area (Å²) in [4.78, 5) is 13.5. The number of hydrogen-bond donors (Lipinski definition) is 1. The number of benzene rings is 1. The molecule has 0 radical (unpaired) electrons. The molecule has 96 valence electrons. The molecule has 1 heterocycles. The number of anilines is 1. The Bertz CT molecular complexity index is 475. The Labute approximate surface area is 108 Å². The molecule has 0 aliphatic carbocycles. The maximum Gasteiger partial charge on any atom is 0.311 e. The van der Waals surface area contributed by atoms with Crippen molar-refractivity contribution in [1.29, 1.82) is 0 Å². The van der Waals surface area contributed by atoms with Crippen LogP contribution < -0.4 is 4.90 Å². The van der Waals surface area contributed by atoms with Gasteiger partial charge in [-0.25, -0.2) is 0 Å². The van der Waals surface area contributed by atoms with Crippen LogP contribution in [0.1, 0.15) is 31.7 Å². The minimum absolute atomic E-state index is 0.357. The predicted octanol–water partition coefficient (Wildman–Crippen LogP) is 3.03. The summed E-state index contributed by atoms with van der Waals surface area (Å²) in [6.45, 7) is 5.81. The lowest BCUT2D eigenvalue weighted by atomic mass is 9.90. The molecule has 0 fully saturated rings. The molecule has 0 amide bonds. The summed E-state index contributed by atoms with van der Waals surface area (Å²) in [6, 6.07) is 7.84. The summed E-state index contributed by atoms with van der Waals surface area (Å²) in [6.07, 6.45) is 2.86. The van der Waals surface area contributed by atoms with E-state index in [1.54, 1.807) is 0 Å². The summed E-state index contributed by atoms with van der Waals surface area (Å²) < 4.78 is 0. The summed E-state index contributed by atoms with van der Waals surface area (Å²) in [7, 11) is 0. The van der Waals surface area contributed by atoms with E-state index in [0.29, 0.717) is 6.42 Å². The normalized spacial score (nSPS) is 18.1. The van der Waals surface area contributed by atoms with E-state index in [2.05, 4.69) is 24.8 Å². The fourth-order valence-corrected chi connectivity index (χ4v) is 2.37. The maximum absolute atomic E-state index is 11.3. The summed E-state index contributed by atoms with van der Waals surface area (Å²) in [5.74, 6) is -1.08. The van der Waals surface area contributed by atoms with Crippen LogP contribution in [0.2, 0.25) is 0 Å². The highest BCUT2D eigenvalue weighted by atomic mass is 16.4. The van der Waals surface area contributed by atoms with Crippen molar-refractivity contribution in [3.63, 3.8) is 0 Å². The van der Waals surface area contributed by atoms with Gasteiger partial charge >= 0.3 is 5.97 Å². The third kappa shape index (κ3) is 2.55. The molecule has 0 bridgehead atoms. The summed E-state index contributed by atoms with van der Waals surface area (Å²) >= 11 is 0. The molecule has 1 aliphatic heterocycles. The highest BCUT2D eigenvalue weighted by Gasteiger charge is 2.28. The van der Waals surface area contributed by atoms with E-state index in [1.807, 2.05) is 24.3 Å². The molecule has 0 spiro atoms. The second-order valence-corrected chi connectivity index (χ2v) is 4.97. The van der Waals surface area contributed by atoms with Crippen LogP contribution in [0.4, 0.5) is 5.69 Å². The first kappa shape index (κ1) is 12.7. The fraction of sp³-hybridized carbons (Fsp3) is 0.400. The van der Waals surface area contributed by atoms with Crippen LogP contribution in [-0.4, -0.2) is 24.2 Å². The SMILES string of the molecule is CC(C)=CCN1CCC(C(=O)O)c2ccccc21. The van der Waals surface area contributed by atoms with E-state index >= 15 is 0 Å². The zero-order chi connectivity index (χ0) is 13.1. The fourth-order valence-electron chi connectivity index (χ4n) is 2.37. The van der Waals surface area contributed by atoms with Crippen LogP contribution in [0.3, 0.4) is 0 Å². The van der Waals surface area contributed by atoms with Gasteiger partial charge in [-0.15, -0.1) is 0 Å². The largest absolute Gasteiger partial charge is 0.481 e. The van der Waals surface area contributed by atoms with Crippen LogP contribution in [0.25, 0.3) is 0 Å². The van der Waals surface area contributed by atoms with Crippen molar-refractivity contribution in [2.75, 3.05) is 18.0 Å². The first-order valence-electron chi connectivity index (χ1n) is 6.29. The van der Waals surface area contributed by atoms with Crippen molar-refractivity contribution in [3.05, 3.63) is 41.5 Å². The van der Waals surface area contributed by atoms with Gasteiger partial charge in [0.1, 0.15) is 0 Å². The number of fused-ring (bicyclic) bond motifs is 1. The smallest absolute Gasteiger partial charge is 0.311 e. The maximum atomic E-state index is 11.3. The molecule has 1 aromatic carbocycles. The number of allylic oxidation sites excluding steroid dienone is 1. The van der Waals surface area contributed by atoms with E-state index in [0.717, 1.165) is 24.3 Å². The second-order valence-electron chi connectivity index (χ2n) is 4.97. The summed E-state index contributed by atoms with van der Waals surface area (Å²) in [5.41, 5.74) is 3.29. The molecule has 18 heavy (non-hydrogen) atoms. The number of carbonyl (C=O) groups is 1. The van der Waals surface area contributed by atoms with E-state index in [1.165, 1.54) is 5.57 Å². The van der Waals surface area contributed by atoms with Crippen molar-refractivity contribution in [2.24, 2.45) is 0 Å². The lowest BCUT2D eigenvalue weighted by Gasteiger charge is -2.33. The third-order valence-corrected chi connectivity index (χ3v) is 3.36. The number of carboxylic acids is 1. The van der Waals surface area contributed by atoms with Gasteiger partial charge in [-0.3, -0.25) is 4.79 Å². The molecular weight excluding hydrogens is 226 g/mol. The van der Waals surface area contributed by atoms with Crippen LogP contribution in [0, 0.1) is 0 Å². The van der Waals surface area contributed by atoms with Gasteiger partial charge in [0.05, 0.1) is 5.92 Å². The zero-order valence-corrected chi connectivity index (χ0v) is 10.9. The van der Waals surface area contributed by atoms with Gasteiger partial charge < -0.3 is 10.0 Å². The second kappa shape index (κ2) is 5.25. The Morgan fingerprint density at radius 2 is 2.17 bits per heavy atom. The Balaban J connectivity index is 2.30. The molecule has 1 atom stereocenters. The standard InChI is InChI=1S/C15H19NO2/c1-11(2)7-9-16-10-8-13(15(17)18)12-5-3-4-6-14(12)16/h3-7,13H,8-10H2,1-2H3,(H,17,18). The van der Waals surface area contributed by atoms with Crippen LogP contribution >= 0.6 is 0 Å². The molecule has 3 nitrogen and oxygen atoms in total. The molecule has 0 saturated carbocycles. The summed E-state index contributed by atoms with van der Waals surface area (Å²) in [5, 5.41) is 9.26. The van der Waals surface area contributed by atoms with Crippen molar-refractivity contribution < 1.29 is 9.90 Å². The van der Waals surface area contributed by atoms with Crippen LogP contribution in [0.15, 0.2) is 35.9 Å². The van der Waals surface area contributed by atoms with Crippen molar-refractivity contribution in [1.82, 2.24) is 0 Å². The topological polar surface area (TPSA) is 40.5 Å².